The van der Waals surface area contributed by atoms with E-state index in [0.717, 1.165) is 44.5 Å². The SMILES string of the molecule is c1ccc(CNC[C@@H]2CN(C3CC3)CCO2)nc1. The van der Waals surface area contributed by atoms with Gasteiger partial charge in [0.15, 0.2) is 0 Å². The lowest BCUT2D eigenvalue weighted by Crippen LogP contribution is -2.47. The van der Waals surface area contributed by atoms with Gasteiger partial charge in [0, 0.05) is 38.4 Å². The molecule has 18 heavy (non-hydrogen) atoms. The van der Waals surface area contributed by atoms with Crippen LogP contribution in [0.3, 0.4) is 0 Å². The average Bonchev–Trinajstić information content (AvgIpc) is 3.25. The largest absolute Gasteiger partial charge is 0.374 e. The van der Waals surface area contributed by atoms with Gasteiger partial charge < -0.3 is 10.1 Å². The van der Waals surface area contributed by atoms with E-state index in [1.165, 1.54) is 12.8 Å². The minimum absolute atomic E-state index is 0.336. The van der Waals surface area contributed by atoms with E-state index in [-0.39, 0.29) is 0 Å². The number of hydrogen-bond acceptors (Lipinski definition) is 4. The number of hydrogen-bond donors (Lipinski definition) is 1. The highest BCUT2D eigenvalue weighted by molar-refractivity contribution is 5.02. The summed E-state index contributed by atoms with van der Waals surface area (Å²) >= 11 is 0. The van der Waals surface area contributed by atoms with E-state index in [4.69, 9.17) is 4.74 Å². The summed E-state index contributed by atoms with van der Waals surface area (Å²) in [5, 5.41) is 3.44. The van der Waals surface area contributed by atoms with Gasteiger partial charge in [0.1, 0.15) is 0 Å². The molecule has 1 aliphatic carbocycles. The Balaban J connectivity index is 1.40. The number of nitrogens with one attached hydrogen (secondary N) is 1. The molecule has 1 N–H and O–H groups in total. The van der Waals surface area contributed by atoms with Crippen molar-refractivity contribution in [2.75, 3.05) is 26.2 Å². The molecule has 1 saturated carbocycles. The lowest BCUT2D eigenvalue weighted by Gasteiger charge is -2.33. The number of aromatic nitrogens is 1. The molecule has 0 spiro atoms. The second-order valence-corrected chi connectivity index (χ2v) is 5.17. The number of pyridine rings is 1. The first-order valence-corrected chi connectivity index (χ1v) is 6.88. The van der Waals surface area contributed by atoms with Crippen LogP contribution in [0.4, 0.5) is 0 Å². The van der Waals surface area contributed by atoms with Gasteiger partial charge in [0.05, 0.1) is 18.4 Å². The van der Waals surface area contributed by atoms with Gasteiger partial charge in [-0.3, -0.25) is 9.88 Å². The van der Waals surface area contributed by atoms with Gasteiger partial charge in [0.2, 0.25) is 0 Å². The van der Waals surface area contributed by atoms with E-state index < -0.39 is 0 Å². The third kappa shape index (κ3) is 3.28. The molecular formula is C14H21N3O. The maximum atomic E-state index is 5.80. The van der Waals surface area contributed by atoms with E-state index in [1.54, 1.807) is 0 Å². The predicted molar refractivity (Wildman–Crippen MR) is 70.3 cm³/mol. The summed E-state index contributed by atoms with van der Waals surface area (Å²) in [5.41, 5.74) is 1.09. The van der Waals surface area contributed by atoms with Gasteiger partial charge >= 0.3 is 0 Å². The molecule has 4 nitrogen and oxygen atoms in total. The van der Waals surface area contributed by atoms with Crippen molar-refractivity contribution < 1.29 is 4.74 Å². The Hall–Kier alpha value is -0.970. The van der Waals surface area contributed by atoms with Crippen LogP contribution in [0.25, 0.3) is 0 Å². The zero-order chi connectivity index (χ0) is 12.2. The third-order valence-electron chi connectivity index (χ3n) is 3.64. The smallest absolute Gasteiger partial charge is 0.0826 e. The van der Waals surface area contributed by atoms with Crippen molar-refractivity contribution in [3.63, 3.8) is 0 Å². The molecule has 2 fully saturated rings. The summed E-state index contributed by atoms with van der Waals surface area (Å²) < 4.78 is 5.80. The Kier molecular flexibility index (Phi) is 3.88. The summed E-state index contributed by atoms with van der Waals surface area (Å²) in [6, 6.07) is 6.87. The second kappa shape index (κ2) is 5.78. The molecule has 1 aliphatic heterocycles. The minimum Gasteiger partial charge on any atom is -0.374 e. The molecule has 98 valence electrons. The van der Waals surface area contributed by atoms with Crippen molar-refractivity contribution in [1.29, 1.82) is 0 Å². The zero-order valence-corrected chi connectivity index (χ0v) is 10.7. The zero-order valence-electron chi connectivity index (χ0n) is 10.7. The van der Waals surface area contributed by atoms with Crippen molar-refractivity contribution in [2.45, 2.75) is 31.5 Å². The van der Waals surface area contributed by atoms with Gasteiger partial charge in [0.25, 0.3) is 0 Å². The molecule has 1 saturated heterocycles. The number of nitrogens with zero attached hydrogens (tertiary/aromatic N) is 2. The van der Waals surface area contributed by atoms with Crippen molar-refractivity contribution in [2.24, 2.45) is 0 Å². The van der Waals surface area contributed by atoms with Gasteiger partial charge in [-0.25, -0.2) is 0 Å². The van der Waals surface area contributed by atoms with E-state index in [0.29, 0.717) is 6.10 Å². The first-order chi connectivity index (χ1) is 8.92. The maximum absolute atomic E-state index is 5.80. The van der Waals surface area contributed by atoms with Crippen molar-refractivity contribution in [1.82, 2.24) is 15.2 Å². The second-order valence-electron chi connectivity index (χ2n) is 5.17. The Bertz CT molecular complexity index is 367. The average molecular weight is 247 g/mol. The standard InChI is InChI=1S/C14H21N3O/c1-2-6-16-12(3-1)9-15-10-14-11-17(7-8-18-14)13-4-5-13/h1-3,6,13-15H,4-5,7-11H2/t14-/m1/s1. The lowest BCUT2D eigenvalue weighted by atomic mass is 10.2. The van der Waals surface area contributed by atoms with Crippen LogP contribution in [0.5, 0.6) is 0 Å². The quantitative estimate of drug-likeness (QED) is 0.843. The summed E-state index contributed by atoms with van der Waals surface area (Å²) in [6.45, 7) is 4.82. The van der Waals surface area contributed by atoms with Gasteiger partial charge in [-0.1, -0.05) is 6.07 Å². The monoisotopic (exact) mass is 247 g/mol. The van der Waals surface area contributed by atoms with Crippen LogP contribution in [-0.4, -0.2) is 48.3 Å². The summed E-state index contributed by atoms with van der Waals surface area (Å²) in [6.07, 6.45) is 4.94. The topological polar surface area (TPSA) is 37.4 Å². The number of rotatable bonds is 5. The lowest BCUT2D eigenvalue weighted by molar-refractivity contribution is -0.0301. The normalized spacial score (nSPS) is 25.2. The van der Waals surface area contributed by atoms with Crippen molar-refractivity contribution in [3.05, 3.63) is 30.1 Å². The summed E-state index contributed by atoms with van der Waals surface area (Å²) in [7, 11) is 0. The predicted octanol–water partition coefficient (Wildman–Crippen LogP) is 1.03. The fourth-order valence-corrected chi connectivity index (χ4v) is 2.50. The molecule has 2 aliphatic rings. The molecule has 1 atom stereocenters. The summed E-state index contributed by atoms with van der Waals surface area (Å²) in [4.78, 5) is 6.88. The van der Waals surface area contributed by atoms with Gasteiger partial charge in [-0.15, -0.1) is 0 Å². The Labute approximate surface area is 108 Å². The first-order valence-electron chi connectivity index (χ1n) is 6.88. The highest BCUT2D eigenvalue weighted by atomic mass is 16.5. The van der Waals surface area contributed by atoms with Crippen LogP contribution >= 0.6 is 0 Å². The molecule has 0 radical (unpaired) electrons. The number of morpholine rings is 1. The van der Waals surface area contributed by atoms with Crippen LogP contribution in [0.15, 0.2) is 24.4 Å². The molecule has 4 heteroatoms. The fourth-order valence-electron chi connectivity index (χ4n) is 2.50. The van der Waals surface area contributed by atoms with Crippen LogP contribution < -0.4 is 5.32 Å². The van der Waals surface area contributed by atoms with Crippen LogP contribution in [0.2, 0.25) is 0 Å². The molecule has 1 aromatic rings. The molecule has 0 unspecified atom stereocenters. The molecular weight excluding hydrogens is 226 g/mol. The van der Waals surface area contributed by atoms with Gasteiger partial charge in [-0.05, 0) is 25.0 Å². The maximum Gasteiger partial charge on any atom is 0.0826 e. The first kappa shape index (κ1) is 12.1. The van der Waals surface area contributed by atoms with E-state index >= 15 is 0 Å². The molecule has 3 rings (SSSR count). The molecule has 1 aromatic heterocycles. The minimum atomic E-state index is 0.336. The molecule has 0 aromatic carbocycles. The third-order valence-corrected chi connectivity index (χ3v) is 3.64. The highest BCUT2D eigenvalue weighted by Crippen LogP contribution is 2.28. The van der Waals surface area contributed by atoms with Crippen LogP contribution in [0, 0.1) is 0 Å². The Morgan fingerprint density at radius 2 is 2.33 bits per heavy atom. The van der Waals surface area contributed by atoms with E-state index in [9.17, 15) is 0 Å². The fraction of sp³-hybridized carbons (Fsp3) is 0.643. The Morgan fingerprint density at radius 3 is 3.11 bits per heavy atom. The van der Waals surface area contributed by atoms with Crippen molar-refractivity contribution >= 4 is 0 Å². The Morgan fingerprint density at radius 1 is 1.39 bits per heavy atom. The van der Waals surface area contributed by atoms with Gasteiger partial charge in [-0.2, -0.15) is 0 Å². The molecule has 2 heterocycles. The molecule has 0 amide bonds. The van der Waals surface area contributed by atoms with Crippen LogP contribution in [-0.2, 0) is 11.3 Å². The number of ether oxygens (including phenoxy) is 1. The van der Waals surface area contributed by atoms with Crippen LogP contribution in [0.1, 0.15) is 18.5 Å². The van der Waals surface area contributed by atoms with E-state index in [1.807, 2.05) is 24.4 Å². The molecule has 0 bridgehead atoms. The summed E-state index contributed by atoms with van der Waals surface area (Å²) in [5.74, 6) is 0. The highest BCUT2D eigenvalue weighted by Gasteiger charge is 2.32. The van der Waals surface area contributed by atoms with Crippen molar-refractivity contribution in [3.8, 4) is 0 Å². The van der Waals surface area contributed by atoms with E-state index in [2.05, 4.69) is 15.2 Å².